The average molecular weight is 216 g/mol. The maximum Gasteiger partial charge on any atom is 0.225 e. The molecule has 1 saturated heterocycles. The lowest BCUT2D eigenvalue weighted by molar-refractivity contribution is -0.127. The predicted octanol–water partition coefficient (Wildman–Crippen LogP) is 0.854. The first kappa shape index (κ1) is 11.9. The molecule has 0 aromatic carbocycles. The van der Waals surface area contributed by atoms with E-state index in [1.807, 2.05) is 11.8 Å². The fourth-order valence-corrected chi connectivity index (χ4v) is 2.12. The minimum atomic E-state index is 0.219. The molecule has 0 bridgehead atoms. The minimum Gasteiger partial charge on any atom is -0.353 e. The standard InChI is InChI=1S/C10H20N2OS/c1-3-14-5-4-8(2)12-10(13)9-6-11-7-9/h8-9,11H,3-7H2,1-2H3,(H,12,13). The minimum absolute atomic E-state index is 0.219. The van der Waals surface area contributed by atoms with Crippen LogP contribution in [0.15, 0.2) is 0 Å². The van der Waals surface area contributed by atoms with E-state index in [1.54, 1.807) is 0 Å². The summed E-state index contributed by atoms with van der Waals surface area (Å²) in [6.45, 7) is 5.94. The van der Waals surface area contributed by atoms with Crippen LogP contribution in [0.5, 0.6) is 0 Å². The van der Waals surface area contributed by atoms with E-state index < -0.39 is 0 Å². The summed E-state index contributed by atoms with van der Waals surface area (Å²) >= 11 is 1.93. The van der Waals surface area contributed by atoms with Gasteiger partial charge in [-0.2, -0.15) is 11.8 Å². The third kappa shape index (κ3) is 3.88. The van der Waals surface area contributed by atoms with Crippen LogP contribution in [0.3, 0.4) is 0 Å². The average Bonchev–Trinajstić information content (AvgIpc) is 2.00. The van der Waals surface area contributed by atoms with E-state index in [2.05, 4.69) is 24.5 Å². The Labute approximate surface area is 90.4 Å². The molecule has 1 fully saturated rings. The Kier molecular flexibility index (Phi) is 5.33. The zero-order valence-corrected chi connectivity index (χ0v) is 9.82. The van der Waals surface area contributed by atoms with Crippen molar-refractivity contribution < 1.29 is 4.79 Å². The third-order valence-electron chi connectivity index (χ3n) is 2.44. The summed E-state index contributed by atoms with van der Waals surface area (Å²) < 4.78 is 0. The number of amides is 1. The van der Waals surface area contributed by atoms with Crippen molar-refractivity contribution in [3.05, 3.63) is 0 Å². The molecule has 3 nitrogen and oxygen atoms in total. The number of nitrogens with one attached hydrogen (secondary N) is 2. The summed E-state index contributed by atoms with van der Waals surface area (Å²) in [6.07, 6.45) is 1.07. The fraction of sp³-hybridized carbons (Fsp3) is 0.900. The molecule has 4 heteroatoms. The van der Waals surface area contributed by atoms with Gasteiger partial charge in [-0.25, -0.2) is 0 Å². The SMILES string of the molecule is CCSCCC(C)NC(=O)C1CNC1. The number of hydrogen-bond acceptors (Lipinski definition) is 3. The van der Waals surface area contributed by atoms with Gasteiger partial charge in [0.05, 0.1) is 5.92 Å². The third-order valence-corrected chi connectivity index (χ3v) is 3.37. The van der Waals surface area contributed by atoms with Crippen molar-refractivity contribution in [1.82, 2.24) is 10.6 Å². The summed E-state index contributed by atoms with van der Waals surface area (Å²) in [6, 6.07) is 0.321. The molecule has 1 heterocycles. The monoisotopic (exact) mass is 216 g/mol. The Morgan fingerprint density at radius 1 is 1.64 bits per heavy atom. The van der Waals surface area contributed by atoms with E-state index in [0.29, 0.717) is 6.04 Å². The smallest absolute Gasteiger partial charge is 0.225 e. The van der Waals surface area contributed by atoms with E-state index in [4.69, 9.17) is 0 Å². The quantitative estimate of drug-likeness (QED) is 0.647. The van der Waals surface area contributed by atoms with Gasteiger partial charge in [0, 0.05) is 19.1 Å². The molecule has 1 aliphatic rings. The summed E-state index contributed by atoms with van der Waals surface area (Å²) in [5.41, 5.74) is 0. The van der Waals surface area contributed by atoms with Crippen LogP contribution in [0, 0.1) is 5.92 Å². The number of carbonyl (C=O) groups excluding carboxylic acids is 1. The Morgan fingerprint density at radius 2 is 2.36 bits per heavy atom. The van der Waals surface area contributed by atoms with Crippen molar-refractivity contribution in [1.29, 1.82) is 0 Å². The van der Waals surface area contributed by atoms with Gasteiger partial charge in [0.2, 0.25) is 5.91 Å². The lowest BCUT2D eigenvalue weighted by Gasteiger charge is -2.27. The van der Waals surface area contributed by atoms with Gasteiger partial charge >= 0.3 is 0 Å². The first-order valence-corrected chi connectivity index (χ1v) is 6.48. The largest absolute Gasteiger partial charge is 0.353 e. The van der Waals surface area contributed by atoms with Crippen molar-refractivity contribution >= 4 is 17.7 Å². The van der Waals surface area contributed by atoms with Crippen LogP contribution in [0.4, 0.5) is 0 Å². The normalized spacial score (nSPS) is 18.7. The maximum atomic E-state index is 11.5. The van der Waals surface area contributed by atoms with Crippen LogP contribution >= 0.6 is 11.8 Å². The van der Waals surface area contributed by atoms with Gasteiger partial charge in [-0.1, -0.05) is 6.92 Å². The van der Waals surface area contributed by atoms with E-state index >= 15 is 0 Å². The molecule has 1 amide bonds. The molecular weight excluding hydrogens is 196 g/mol. The van der Waals surface area contributed by atoms with Crippen LogP contribution in [0.1, 0.15) is 20.3 Å². The highest BCUT2D eigenvalue weighted by atomic mass is 32.2. The molecule has 1 atom stereocenters. The summed E-state index contributed by atoms with van der Waals surface area (Å²) in [4.78, 5) is 11.5. The van der Waals surface area contributed by atoms with Crippen molar-refractivity contribution in [2.45, 2.75) is 26.3 Å². The fourth-order valence-electron chi connectivity index (χ4n) is 1.31. The molecule has 0 spiro atoms. The van der Waals surface area contributed by atoms with Crippen LogP contribution in [-0.2, 0) is 4.79 Å². The van der Waals surface area contributed by atoms with E-state index in [1.165, 1.54) is 0 Å². The number of hydrogen-bond donors (Lipinski definition) is 2. The van der Waals surface area contributed by atoms with Crippen LogP contribution in [0.25, 0.3) is 0 Å². The lowest BCUT2D eigenvalue weighted by atomic mass is 10.0. The molecule has 0 radical (unpaired) electrons. The van der Waals surface area contributed by atoms with Gasteiger partial charge in [-0.15, -0.1) is 0 Å². The maximum absolute atomic E-state index is 11.5. The molecule has 2 N–H and O–H groups in total. The second-order valence-electron chi connectivity index (χ2n) is 3.75. The van der Waals surface area contributed by atoms with E-state index in [-0.39, 0.29) is 11.8 Å². The van der Waals surface area contributed by atoms with E-state index in [0.717, 1.165) is 31.0 Å². The van der Waals surface area contributed by atoms with Crippen LogP contribution < -0.4 is 10.6 Å². The van der Waals surface area contributed by atoms with Gasteiger partial charge in [0.1, 0.15) is 0 Å². The Bertz CT molecular complexity index is 183. The first-order valence-electron chi connectivity index (χ1n) is 5.33. The number of thioether (sulfide) groups is 1. The highest BCUT2D eigenvalue weighted by molar-refractivity contribution is 7.99. The highest BCUT2D eigenvalue weighted by Crippen LogP contribution is 2.06. The molecule has 1 rings (SSSR count). The van der Waals surface area contributed by atoms with Crippen molar-refractivity contribution in [3.8, 4) is 0 Å². The van der Waals surface area contributed by atoms with Crippen molar-refractivity contribution in [3.63, 3.8) is 0 Å². The molecule has 0 aromatic heterocycles. The Morgan fingerprint density at radius 3 is 2.86 bits per heavy atom. The topological polar surface area (TPSA) is 41.1 Å². The molecule has 0 aliphatic carbocycles. The van der Waals surface area contributed by atoms with Gasteiger partial charge in [-0.05, 0) is 24.9 Å². The second kappa shape index (κ2) is 6.30. The molecule has 0 aromatic rings. The van der Waals surface area contributed by atoms with Crippen LogP contribution in [0.2, 0.25) is 0 Å². The molecule has 14 heavy (non-hydrogen) atoms. The highest BCUT2D eigenvalue weighted by Gasteiger charge is 2.25. The molecule has 1 unspecified atom stereocenters. The number of rotatable bonds is 6. The lowest BCUT2D eigenvalue weighted by Crippen LogP contribution is -2.52. The number of carbonyl (C=O) groups is 1. The predicted molar refractivity (Wildman–Crippen MR) is 61.6 cm³/mol. The summed E-state index contributed by atoms with van der Waals surface area (Å²) in [5, 5.41) is 6.15. The molecule has 0 saturated carbocycles. The second-order valence-corrected chi connectivity index (χ2v) is 5.14. The van der Waals surface area contributed by atoms with Crippen LogP contribution in [-0.4, -0.2) is 36.5 Å². The first-order chi connectivity index (χ1) is 6.74. The van der Waals surface area contributed by atoms with Crippen molar-refractivity contribution in [2.75, 3.05) is 24.6 Å². The molecule has 82 valence electrons. The van der Waals surface area contributed by atoms with Gasteiger partial charge in [-0.3, -0.25) is 4.79 Å². The van der Waals surface area contributed by atoms with Gasteiger partial charge < -0.3 is 10.6 Å². The zero-order chi connectivity index (χ0) is 10.4. The van der Waals surface area contributed by atoms with Crippen molar-refractivity contribution in [2.24, 2.45) is 5.92 Å². The zero-order valence-electron chi connectivity index (χ0n) is 9.01. The van der Waals surface area contributed by atoms with Gasteiger partial charge in [0.25, 0.3) is 0 Å². The summed E-state index contributed by atoms with van der Waals surface area (Å²) in [7, 11) is 0. The summed E-state index contributed by atoms with van der Waals surface area (Å²) in [5.74, 6) is 2.74. The van der Waals surface area contributed by atoms with Gasteiger partial charge in [0.15, 0.2) is 0 Å². The molecular formula is C10H20N2OS. The van der Waals surface area contributed by atoms with E-state index in [9.17, 15) is 4.79 Å². The Hall–Kier alpha value is -0.220. The molecule has 1 aliphatic heterocycles. The Balaban J connectivity index is 2.06.